The molecule has 0 aliphatic heterocycles. The van der Waals surface area contributed by atoms with E-state index >= 15 is 0 Å². The van der Waals surface area contributed by atoms with E-state index in [1.54, 1.807) is 0 Å². The van der Waals surface area contributed by atoms with Gasteiger partial charge in [0, 0.05) is 37.5 Å². The van der Waals surface area contributed by atoms with Gasteiger partial charge in [0.15, 0.2) is 16.6 Å². The molecule has 0 unspecified atom stereocenters. The van der Waals surface area contributed by atoms with E-state index in [0.29, 0.717) is 11.0 Å². The lowest BCUT2D eigenvalue weighted by Gasteiger charge is -2.17. The topological polar surface area (TPSA) is 35.6 Å². The van der Waals surface area contributed by atoms with E-state index in [1.807, 2.05) is 11.3 Å². The highest BCUT2D eigenvalue weighted by atomic mass is 35.5. The zero-order valence-electron chi connectivity index (χ0n) is 30.1. The lowest BCUT2D eigenvalue weighted by Crippen LogP contribution is -2.05. The Kier molecular flexibility index (Phi) is 6.95. The molecule has 4 heterocycles. The Bertz CT molecular complexity index is 3480. The molecule has 0 saturated carbocycles. The standard InChI is InChI=1S/C50H31ClN4S/c51-48-50(52-43-40(31-17-4-1-5-18-31)44(32-19-6-2-7-20-32)54(49(43)53-48)33-21-8-3-9-22-33)55-39-27-15-14-26-37(39)41-35-24-12-13-25-36(35)42-38-29-28-30-16-10-11-23-34(30)46(38)56-47(42)45(41)55/h1-8,10-21,23-29H,9,22H2. The number of halogens is 1. The summed E-state index contributed by atoms with van der Waals surface area (Å²) in [4.78, 5) is 11.1. The molecular weight excluding hydrogens is 724 g/mol. The van der Waals surface area contributed by atoms with Crippen LogP contribution < -0.4 is 0 Å². The summed E-state index contributed by atoms with van der Waals surface area (Å²) in [5.41, 5.74) is 9.16. The molecule has 0 fully saturated rings. The summed E-state index contributed by atoms with van der Waals surface area (Å²) in [5, 5.41) is 10.2. The second-order valence-corrected chi connectivity index (χ2v) is 15.9. The Balaban J connectivity index is 1.28. The van der Waals surface area contributed by atoms with Crippen LogP contribution in [0, 0.1) is 0 Å². The van der Waals surface area contributed by atoms with Crippen molar-refractivity contribution in [2.24, 2.45) is 0 Å². The van der Waals surface area contributed by atoms with Gasteiger partial charge in [0.1, 0.15) is 5.52 Å². The van der Waals surface area contributed by atoms with Crippen molar-refractivity contribution in [2.45, 2.75) is 12.8 Å². The summed E-state index contributed by atoms with van der Waals surface area (Å²) in [7, 11) is 0. The minimum atomic E-state index is 0.359. The first-order valence-corrected chi connectivity index (χ1v) is 20.2. The third kappa shape index (κ3) is 4.47. The van der Waals surface area contributed by atoms with Gasteiger partial charge in [-0.1, -0.05) is 163 Å². The predicted molar refractivity (Wildman–Crippen MR) is 238 cm³/mol. The molecule has 0 saturated heterocycles. The van der Waals surface area contributed by atoms with Gasteiger partial charge < -0.3 is 0 Å². The first kappa shape index (κ1) is 31.8. The van der Waals surface area contributed by atoms with Crippen LogP contribution in [0.2, 0.25) is 5.15 Å². The molecule has 4 aromatic heterocycles. The van der Waals surface area contributed by atoms with Crippen LogP contribution in [-0.2, 0) is 0 Å². The molecule has 56 heavy (non-hydrogen) atoms. The monoisotopic (exact) mass is 754 g/mol. The van der Waals surface area contributed by atoms with Crippen LogP contribution in [0.15, 0.2) is 164 Å². The first-order chi connectivity index (χ1) is 27.7. The highest BCUT2D eigenvalue weighted by Crippen LogP contribution is 2.50. The molecule has 264 valence electrons. The lowest BCUT2D eigenvalue weighted by atomic mass is 9.98. The van der Waals surface area contributed by atoms with Gasteiger partial charge in [0.2, 0.25) is 0 Å². The quantitative estimate of drug-likeness (QED) is 0.179. The van der Waals surface area contributed by atoms with E-state index in [4.69, 9.17) is 21.6 Å². The van der Waals surface area contributed by atoms with Crippen molar-refractivity contribution < 1.29 is 0 Å². The Hall–Kier alpha value is -6.53. The van der Waals surface area contributed by atoms with E-state index in [1.165, 1.54) is 52.8 Å². The van der Waals surface area contributed by atoms with Crippen molar-refractivity contribution in [3.8, 4) is 28.2 Å². The molecule has 11 aromatic rings. The molecular formula is C50H31ClN4S. The molecule has 0 spiro atoms. The summed E-state index contributed by atoms with van der Waals surface area (Å²) in [6.07, 6.45) is 8.40. The molecule has 0 atom stereocenters. The Morgan fingerprint density at radius 2 is 1.25 bits per heavy atom. The van der Waals surface area contributed by atoms with E-state index in [2.05, 4.69) is 173 Å². The SMILES string of the molecule is Clc1nc2c(nc1-n1c3ccccc3c3c4ccccc4c4c5ccc6ccccc6c5sc4c31)c(-c1ccccc1)c(-c1ccccc1)n2C1=CC=CCC1. The first-order valence-electron chi connectivity index (χ1n) is 19.0. The fraction of sp³-hybridized carbons (Fsp3) is 0.0400. The number of hydrogen-bond donors (Lipinski definition) is 0. The van der Waals surface area contributed by atoms with Crippen LogP contribution in [0.1, 0.15) is 12.8 Å². The number of nitrogens with zero attached hydrogens (tertiary/aromatic N) is 4. The van der Waals surface area contributed by atoms with Gasteiger partial charge in [-0.05, 0) is 57.7 Å². The summed E-state index contributed by atoms with van der Waals surface area (Å²) in [5.74, 6) is 0.621. The van der Waals surface area contributed by atoms with Crippen LogP contribution in [-0.4, -0.2) is 19.1 Å². The van der Waals surface area contributed by atoms with Crippen LogP contribution in [0.25, 0.3) is 109 Å². The molecule has 0 N–H and O–H groups in total. The van der Waals surface area contributed by atoms with E-state index < -0.39 is 0 Å². The van der Waals surface area contributed by atoms with Crippen LogP contribution >= 0.6 is 22.9 Å². The van der Waals surface area contributed by atoms with Crippen molar-refractivity contribution in [2.75, 3.05) is 0 Å². The second kappa shape index (κ2) is 12.2. The van der Waals surface area contributed by atoms with Crippen LogP contribution in [0.4, 0.5) is 0 Å². The smallest absolute Gasteiger partial charge is 0.176 e. The molecule has 4 nitrogen and oxygen atoms in total. The lowest BCUT2D eigenvalue weighted by molar-refractivity contribution is 0.955. The van der Waals surface area contributed by atoms with E-state index in [-0.39, 0.29) is 0 Å². The van der Waals surface area contributed by atoms with E-state index in [0.717, 1.165) is 62.8 Å². The van der Waals surface area contributed by atoms with Crippen molar-refractivity contribution >= 4 is 103 Å². The van der Waals surface area contributed by atoms with Crippen LogP contribution in [0.5, 0.6) is 0 Å². The molecule has 1 aliphatic rings. The number of allylic oxidation sites excluding steroid dienone is 4. The van der Waals surface area contributed by atoms with Crippen molar-refractivity contribution in [1.82, 2.24) is 19.1 Å². The number of aromatic nitrogens is 4. The maximum Gasteiger partial charge on any atom is 0.176 e. The Morgan fingerprint density at radius 1 is 0.571 bits per heavy atom. The predicted octanol–water partition coefficient (Wildman–Crippen LogP) is 14.4. The highest BCUT2D eigenvalue weighted by Gasteiger charge is 2.29. The Labute approximate surface area is 330 Å². The molecule has 0 radical (unpaired) electrons. The number of para-hydroxylation sites is 1. The zero-order chi connectivity index (χ0) is 36.9. The third-order valence-corrected chi connectivity index (χ3v) is 13.0. The highest BCUT2D eigenvalue weighted by molar-refractivity contribution is 7.27. The minimum absolute atomic E-state index is 0.359. The van der Waals surface area contributed by atoms with Crippen molar-refractivity contribution in [1.29, 1.82) is 0 Å². The average Bonchev–Trinajstić information content (AvgIpc) is 3.93. The fourth-order valence-electron chi connectivity index (χ4n) is 9.12. The van der Waals surface area contributed by atoms with Gasteiger partial charge in [0.05, 0.1) is 21.4 Å². The van der Waals surface area contributed by atoms with Gasteiger partial charge in [-0.2, -0.15) is 0 Å². The van der Waals surface area contributed by atoms with Gasteiger partial charge >= 0.3 is 0 Å². The Morgan fingerprint density at radius 3 is 2.02 bits per heavy atom. The number of thiophene rings is 1. The molecule has 0 bridgehead atoms. The zero-order valence-corrected chi connectivity index (χ0v) is 31.7. The van der Waals surface area contributed by atoms with Gasteiger partial charge in [-0.15, -0.1) is 11.3 Å². The molecule has 7 aromatic carbocycles. The summed E-state index contributed by atoms with van der Waals surface area (Å²) < 4.78 is 7.09. The number of fused-ring (bicyclic) bond motifs is 13. The van der Waals surface area contributed by atoms with Crippen molar-refractivity contribution in [3.63, 3.8) is 0 Å². The number of benzene rings is 7. The maximum absolute atomic E-state index is 7.55. The largest absolute Gasteiger partial charge is 0.296 e. The molecule has 6 heteroatoms. The van der Waals surface area contributed by atoms with Gasteiger partial charge in [-0.25, -0.2) is 9.97 Å². The molecule has 12 rings (SSSR count). The average molecular weight is 755 g/mol. The second-order valence-electron chi connectivity index (χ2n) is 14.5. The summed E-state index contributed by atoms with van der Waals surface area (Å²) in [6.45, 7) is 0. The molecule has 0 amide bonds. The third-order valence-electron chi connectivity index (χ3n) is 11.5. The summed E-state index contributed by atoms with van der Waals surface area (Å²) >= 11 is 9.41. The van der Waals surface area contributed by atoms with Crippen molar-refractivity contribution in [3.05, 3.63) is 169 Å². The maximum atomic E-state index is 7.55. The van der Waals surface area contributed by atoms with Crippen LogP contribution in [0.3, 0.4) is 0 Å². The number of rotatable bonds is 4. The van der Waals surface area contributed by atoms with Gasteiger partial charge in [0.25, 0.3) is 0 Å². The number of hydrogen-bond acceptors (Lipinski definition) is 3. The van der Waals surface area contributed by atoms with Gasteiger partial charge in [-0.3, -0.25) is 9.13 Å². The minimum Gasteiger partial charge on any atom is -0.296 e. The normalized spacial score (nSPS) is 13.3. The fourth-order valence-corrected chi connectivity index (χ4v) is 10.7. The molecule has 1 aliphatic carbocycles. The van der Waals surface area contributed by atoms with E-state index in [9.17, 15) is 0 Å². The summed E-state index contributed by atoms with van der Waals surface area (Å²) in [6, 6.07) is 52.0.